The molecule has 1 rings (SSSR count). The smallest absolute Gasteiger partial charge is 0.216 e. The maximum absolute atomic E-state index is 11.3. The Balaban J connectivity index is 2.74. The highest BCUT2D eigenvalue weighted by molar-refractivity contribution is 6.77. The Bertz CT molecular complexity index is 220. The molecule has 0 atom stereocenters. The van der Waals surface area contributed by atoms with Crippen molar-refractivity contribution in [1.29, 1.82) is 0 Å². The standard InChI is InChI=1S/C8H13BNO2/c1-8(2,3)10-5-6(11)9-4-7(10)12/h4-5H2,1-3H3. The van der Waals surface area contributed by atoms with Crippen LogP contribution in [0.4, 0.5) is 0 Å². The quantitative estimate of drug-likeness (QED) is 0.484. The number of nitrogens with zero attached hydrogens (tertiary/aromatic N) is 1. The predicted molar refractivity (Wildman–Crippen MR) is 47.0 cm³/mol. The molecule has 0 aromatic heterocycles. The Morgan fingerprint density at radius 1 is 1.33 bits per heavy atom. The Kier molecular flexibility index (Phi) is 2.26. The Labute approximate surface area is 73.4 Å². The lowest BCUT2D eigenvalue weighted by molar-refractivity contribution is -0.138. The van der Waals surface area contributed by atoms with Crippen LogP contribution in [0.5, 0.6) is 0 Å². The molecule has 1 fully saturated rings. The molecule has 1 radical (unpaired) electrons. The Morgan fingerprint density at radius 3 is 2.33 bits per heavy atom. The molecule has 1 amide bonds. The van der Waals surface area contributed by atoms with Crippen molar-refractivity contribution in [2.45, 2.75) is 32.6 Å². The minimum Gasteiger partial charge on any atom is -0.332 e. The van der Waals surface area contributed by atoms with E-state index in [-0.39, 0.29) is 30.0 Å². The molecular formula is C8H13BNO2. The number of hydrogen-bond donors (Lipinski definition) is 0. The van der Waals surface area contributed by atoms with Crippen LogP contribution in [-0.4, -0.2) is 35.9 Å². The lowest BCUT2D eigenvalue weighted by Gasteiger charge is -2.37. The van der Waals surface area contributed by atoms with Gasteiger partial charge in [0, 0.05) is 11.9 Å². The van der Waals surface area contributed by atoms with Crippen LogP contribution in [0.25, 0.3) is 0 Å². The molecule has 0 aromatic carbocycles. The van der Waals surface area contributed by atoms with Gasteiger partial charge in [-0.15, -0.1) is 0 Å². The van der Waals surface area contributed by atoms with E-state index in [1.165, 1.54) is 7.28 Å². The van der Waals surface area contributed by atoms with E-state index in [2.05, 4.69) is 0 Å². The zero-order chi connectivity index (χ0) is 9.35. The first-order valence-corrected chi connectivity index (χ1v) is 4.08. The molecule has 0 unspecified atom stereocenters. The molecule has 0 spiro atoms. The number of carbonyl (C=O) groups is 2. The van der Waals surface area contributed by atoms with Gasteiger partial charge >= 0.3 is 0 Å². The van der Waals surface area contributed by atoms with Crippen LogP contribution in [0.3, 0.4) is 0 Å². The third kappa shape index (κ3) is 1.87. The second-order valence-electron chi connectivity index (χ2n) is 4.03. The molecule has 3 nitrogen and oxygen atoms in total. The zero-order valence-corrected chi connectivity index (χ0v) is 7.76. The summed E-state index contributed by atoms with van der Waals surface area (Å²) in [6.45, 7) is 6.04. The van der Waals surface area contributed by atoms with E-state index in [9.17, 15) is 9.59 Å². The zero-order valence-electron chi connectivity index (χ0n) is 7.76. The van der Waals surface area contributed by atoms with Crippen LogP contribution < -0.4 is 0 Å². The van der Waals surface area contributed by atoms with E-state index in [1.54, 1.807) is 4.90 Å². The summed E-state index contributed by atoms with van der Waals surface area (Å²) in [6, 6.07) is 0. The lowest BCUT2D eigenvalue weighted by atomic mass is 9.66. The molecule has 65 valence electrons. The number of carbonyl (C=O) groups excluding carboxylic acids is 2. The number of amides is 1. The molecule has 0 bridgehead atoms. The minimum atomic E-state index is -0.235. The summed E-state index contributed by atoms with van der Waals surface area (Å²) in [6.07, 6.45) is 0.260. The van der Waals surface area contributed by atoms with Crippen LogP contribution in [-0.2, 0) is 9.59 Å². The summed E-state index contributed by atoms with van der Waals surface area (Å²) in [5.74, 6) is 0.0436. The summed E-state index contributed by atoms with van der Waals surface area (Å²) in [5.41, 5.74) is -0.189. The van der Waals surface area contributed by atoms with Gasteiger partial charge in [0.25, 0.3) is 0 Å². The van der Waals surface area contributed by atoms with Gasteiger partial charge in [-0.2, -0.15) is 0 Å². The van der Waals surface area contributed by atoms with Crippen LogP contribution in [0.15, 0.2) is 0 Å². The molecule has 4 heteroatoms. The SMILES string of the molecule is CC(C)(C)N1CC(=O)[B]CC1=O. The molecule has 0 saturated carbocycles. The molecule has 0 N–H and O–H groups in total. The van der Waals surface area contributed by atoms with Gasteiger partial charge in [-0.1, -0.05) is 0 Å². The molecule has 0 aliphatic carbocycles. The van der Waals surface area contributed by atoms with Gasteiger partial charge in [0.2, 0.25) is 13.2 Å². The Morgan fingerprint density at radius 2 is 1.92 bits per heavy atom. The molecule has 1 saturated heterocycles. The second kappa shape index (κ2) is 2.92. The average molecular weight is 166 g/mol. The first-order chi connectivity index (χ1) is 5.41. The minimum absolute atomic E-state index is 0.0436. The molecular weight excluding hydrogens is 153 g/mol. The van der Waals surface area contributed by atoms with Crippen molar-refractivity contribution in [3.8, 4) is 0 Å². The summed E-state index contributed by atoms with van der Waals surface area (Å²) < 4.78 is 0. The first-order valence-electron chi connectivity index (χ1n) is 4.08. The fourth-order valence-corrected chi connectivity index (χ4v) is 1.23. The van der Waals surface area contributed by atoms with Gasteiger partial charge < -0.3 is 9.69 Å². The van der Waals surface area contributed by atoms with Gasteiger partial charge in [-0.3, -0.25) is 4.79 Å². The van der Waals surface area contributed by atoms with Crippen molar-refractivity contribution in [3.63, 3.8) is 0 Å². The van der Waals surface area contributed by atoms with Gasteiger partial charge in [0.05, 0.1) is 6.54 Å². The molecule has 1 aliphatic heterocycles. The Hall–Kier alpha value is -0.795. The highest BCUT2D eigenvalue weighted by Gasteiger charge is 2.31. The van der Waals surface area contributed by atoms with E-state index in [1.807, 2.05) is 20.8 Å². The summed E-state index contributed by atoms with van der Waals surface area (Å²) in [4.78, 5) is 24.0. The van der Waals surface area contributed by atoms with Crippen molar-refractivity contribution < 1.29 is 9.59 Å². The third-order valence-electron chi connectivity index (χ3n) is 1.93. The highest BCUT2D eigenvalue weighted by Crippen LogP contribution is 2.16. The van der Waals surface area contributed by atoms with Crippen molar-refractivity contribution in [2.24, 2.45) is 0 Å². The van der Waals surface area contributed by atoms with Crippen LogP contribution >= 0.6 is 0 Å². The largest absolute Gasteiger partial charge is 0.332 e. The number of hydrogen-bond acceptors (Lipinski definition) is 2. The van der Waals surface area contributed by atoms with Crippen LogP contribution in [0.1, 0.15) is 20.8 Å². The predicted octanol–water partition coefficient (Wildman–Crippen LogP) is 0.276. The molecule has 1 heterocycles. The van der Waals surface area contributed by atoms with Gasteiger partial charge in [0.1, 0.15) is 5.68 Å². The first kappa shape index (κ1) is 9.29. The summed E-state index contributed by atoms with van der Waals surface area (Å²) in [7, 11) is 1.46. The fraction of sp³-hybridized carbons (Fsp3) is 0.750. The van der Waals surface area contributed by atoms with E-state index < -0.39 is 0 Å². The number of rotatable bonds is 0. The van der Waals surface area contributed by atoms with E-state index in [4.69, 9.17) is 0 Å². The maximum Gasteiger partial charge on any atom is 0.216 e. The highest BCUT2D eigenvalue weighted by atomic mass is 16.2. The monoisotopic (exact) mass is 166 g/mol. The van der Waals surface area contributed by atoms with Crippen molar-refractivity contribution >= 4 is 18.9 Å². The van der Waals surface area contributed by atoms with E-state index in [0.29, 0.717) is 0 Å². The van der Waals surface area contributed by atoms with Gasteiger partial charge in [-0.05, 0) is 20.8 Å². The maximum atomic E-state index is 11.3. The topological polar surface area (TPSA) is 37.4 Å². The van der Waals surface area contributed by atoms with E-state index >= 15 is 0 Å². The van der Waals surface area contributed by atoms with Crippen molar-refractivity contribution in [2.75, 3.05) is 6.54 Å². The molecule has 1 aliphatic rings. The fourth-order valence-electron chi connectivity index (χ4n) is 1.23. The molecule has 12 heavy (non-hydrogen) atoms. The average Bonchev–Trinajstić information content (AvgIpc) is 1.92. The summed E-state index contributed by atoms with van der Waals surface area (Å²) in [5, 5.41) is 0. The second-order valence-corrected chi connectivity index (χ2v) is 4.03. The summed E-state index contributed by atoms with van der Waals surface area (Å²) >= 11 is 0. The lowest BCUT2D eigenvalue weighted by Crippen LogP contribution is -2.52. The van der Waals surface area contributed by atoms with Gasteiger partial charge in [0.15, 0.2) is 0 Å². The van der Waals surface area contributed by atoms with Crippen LogP contribution in [0.2, 0.25) is 6.32 Å². The third-order valence-corrected chi connectivity index (χ3v) is 1.93. The normalized spacial score (nSPS) is 19.4. The molecule has 0 aromatic rings. The van der Waals surface area contributed by atoms with Gasteiger partial charge in [-0.25, -0.2) is 0 Å². The van der Waals surface area contributed by atoms with Crippen LogP contribution in [0, 0.1) is 0 Å². The van der Waals surface area contributed by atoms with Crippen molar-refractivity contribution in [1.82, 2.24) is 4.90 Å². The van der Waals surface area contributed by atoms with E-state index in [0.717, 1.165) is 0 Å². The van der Waals surface area contributed by atoms with Crippen molar-refractivity contribution in [3.05, 3.63) is 0 Å².